The summed E-state index contributed by atoms with van der Waals surface area (Å²) in [5.41, 5.74) is 0.413. The van der Waals surface area contributed by atoms with Crippen LogP contribution in [-0.4, -0.2) is 21.1 Å². The monoisotopic (exact) mass is 437 g/mol. The van der Waals surface area contributed by atoms with Crippen LogP contribution >= 0.6 is 11.3 Å². The van der Waals surface area contributed by atoms with Crippen molar-refractivity contribution in [3.63, 3.8) is 0 Å². The van der Waals surface area contributed by atoms with E-state index in [0.29, 0.717) is 10.6 Å². The molecule has 1 radical (unpaired) electrons. The van der Waals surface area contributed by atoms with E-state index in [0.717, 1.165) is 5.01 Å². The topological polar surface area (TPSA) is 82.5 Å². The van der Waals surface area contributed by atoms with Gasteiger partial charge in [-0.15, -0.1) is 11.3 Å². The number of aromatic nitrogens is 1. The van der Waals surface area contributed by atoms with Gasteiger partial charge < -0.3 is 15.5 Å². The van der Waals surface area contributed by atoms with Crippen LogP contribution in [0.2, 0.25) is 0 Å². The smallest absolute Gasteiger partial charge is 0.267 e. The Morgan fingerprint density at radius 3 is 2.61 bits per heavy atom. The van der Waals surface area contributed by atoms with Crippen molar-refractivity contribution in [3.8, 4) is 11.5 Å². The van der Waals surface area contributed by atoms with Crippen molar-refractivity contribution in [1.29, 1.82) is 0 Å². The molecule has 1 aromatic heterocycles. The van der Waals surface area contributed by atoms with Crippen molar-refractivity contribution in [2.24, 2.45) is 0 Å². The van der Waals surface area contributed by atoms with E-state index in [-0.39, 0.29) is 37.8 Å². The fourth-order valence-electron chi connectivity index (χ4n) is 1.26. The van der Waals surface area contributed by atoms with Gasteiger partial charge in [0.25, 0.3) is 5.91 Å². The third-order valence-corrected chi connectivity index (χ3v) is 2.99. The molecule has 95 valence electrons. The summed E-state index contributed by atoms with van der Waals surface area (Å²) in [5.74, 6) is -0.791. The Balaban J connectivity index is 0.00000162. The van der Waals surface area contributed by atoms with Gasteiger partial charge in [0, 0.05) is 32.2 Å². The largest absolute Gasteiger partial charge is 0.504 e. The van der Waals surface area contributed by atoms with Gasteiger partial charge in [0.05, 0.1) is 11.2 Å². The first-order valence-corrected chi connectivity index (χ1v) is 5.63. The van der Waals surface area contributed by atoms with Gasteiger partial charge in [-0.1, -0.05) is 0 Å². The Hall–Kier alpha value is -1.42. The average Bonchev–Trinajstić information content (AvgIpc) is 2.70. The summed E-state index contributed by atoms with van der Waals surface area (Å²) in [4.78, 5) is 16.2. The summed E-state index contributed by atoms with van der Waals surface area (Å²) in [6.45, 7) is 1.81. The fraction of sp³-hybridized carbons (Fsp3) is 0.0909. The van der Waals surface area contributed by atoms with Crippen molar-refractivity contribution in [2.45, 2.75) is 6.92 Å². The molecule has 3 N–H and O–H groups in total. The second kappa shape index (κ2) is 5.96. The van der Waals surface area contributed by atoms with Crippen LogP contribution in [0.4, 0.5) is 5.69 Å². The zero-order valence-corrected chi connectivity index (χ0v) is 12.9. The maximum absolute atomic E-state index is 11.7. The standard InChI is InChI=1S/C11H10N2O3S.Re/c1-6-12-5-10(17-6)11(16)13-7-2-3-8(14)9(15)4-7;/h2-5,14-15H,1H3,(H,13,16);. The molecule has 1 amide bonds. The first kappa shape index (κ1) is 14.6. The molecule has 0 aliphatic carbocycles. The molecular formula is C11H10N2O3ReS. The van der Waals surface area contributed by atoms with Gasteiger partial charge in [0.15, 0.2) is 11.5 Å². The van der Waals surface area contributed by atoms with Crippen LogP contribution < -0.4 is 5.32 Å². The quantitative estimate of drug-likeness (QED) is 0.498. The number of hydrogen-bond acceptors (Lipinski definition) is 5. The Labute approximate surface area is 121 Å². The van der Waals surface area contributed by atoms with E-state index in [2.05, 4.69) is 10.3 Å². The van der Waals surface area contributed by atoms with Gasteiger partial charge in [-0.25, -0.2) is 4.98 Å². The van der Waals surface area contributed by atoms with Crippen molar-refractivity contribution in [1.82, 2.24) is 4.98 Å². The summed E-state index contributed by atoms with van der Waals surface area (Å²) in [5, 5.41) is 21.8. The van der Waals surface area contributed by atoms with Gasteiger partial charge in [-0.2, -0.15) is 0 Å². The second-order valence-corrected chi connectivity index (χ2v) is 4.64. The number of carbonyl (C=O) groups excluding carboxylic acids is 1. The molecule has 0 atom stereocenters. The molecule has 2 aromatic rings. The molecular weight excluding hydrogens is 426 g/mol. The molecule has 0 aliphatic heterocycles. The number of nitrogens with zero attached hydrogens (tertiary/aromatic N) is 1. The Morgan fingerprint density at radius 2 is 2.06 bits per heavy atom. The number of amides is 1. The number of aryl methyl sites for hydroxylation is 1. The van der Waals surface area contributed by atoms with E-state index < -0.39 is 0 Å². The number of benzene rings is 1. The number of hydrogen-bond donors (Lipinski definition) is 3. The van der Waals surface area contributed by atoms with Crippen molar-refractivity contribution in [2.75, 3.05) is 5.32 Å². The van der Waals surface area contributed by atoms with Crippen molar-refractivity contribution >= 4 is 22.9 Å². The number of phenols is 2. The molecule has 1 aromatic carbocycles. The predicted octanol–water partition coefficient (Wildman–Crippen LogP) is 2.11. The molecule has 0 saturated heterocycles. The third-order valence-electron chi connectivity index (χ3n) is 2.08. The van der Waals surface area contributed by atoms with Crippen LogP contribution in [0.5, 0.6) is 11.5 Å². The van der Waals surface area contributed by atoms with Crippen LogP contribution in [0, 0.1) is 6.92 Å². The maximum Gasteiger partial charge on any atom is 0.267 e. The van der Waals surface area contributed by atoms with Crippen LogP contribution in [0.15, 0.2) is 24.4 Å². The van der Waals surface area contributed by atoms with Crippen LogP contribution in [0.3, 0.4) is 0 Å². The van der Waals surface area contributed by atoms with Gasteiger partial charge in [-0.05, 0) is 19.1 Å². The van der Waals surface area contributed by atoms with Gasteiger partial charge >= 0.3 is 0 Å². The molecule has 2 rings (SSSR count). The maximum atomic E-state index is 11.7. The van der Waals surface area contributed by atoms with E-state index in [1.165, 1.54) is 35.7 Å². The zero-order valence-electron chi connectivity index (χ0n) is 9.35. The molecule has 0 spiro atoms. The number of phenolic OH excluding ortho intramolecular Hbond substituents is 2. The first-order chi connectivity index (χ1) is 8.06. The number of aromatic hydroxyl groups is 2. The number of thiazole rings is 1. The molecule has 0 bridgehead atoms. The van der Waals surface area contributed by atoms with Crippen molar-refractivity contribution < 1.29 is 35.4 Å². The Kier molecular flexibility index (Phi) is 4.85. The zero-order chi connectivity index (χ0) is 12.4. The SMILES string of the molecule is Cc1ncc(C(=O)Nc2ccc(O)c(O)c2)s1.[Re]. The Bertz CT molecular complexity index is 571. The average molecular weight is 436 g/mol. The van der Waals surface area contributed by atoms with E-state index in [9.17, 15) is 9.90 Å². The third kappa shape index (κ3) is 3.29. The molecule has 0 aliphatic rings. The van der Waals surface area contributed by atoms with Crippen LogP contribution in [0.1, 0.15) is 14.7 Å². The van der Waals surface area contributed by atoms with Crippen molar-refractivity contribution in [3.05, 3.63) is 34.3 Å². The summed E-state index contributed by atoms with van der Waals surface area (Å²) in [6, 6.07) is 4.09. The fourth-order valence-corrected chi connectivity index (χ4v) is 1.93. The molecule has 0 fully saturated rings. The minimum absolute atomic E-state index is 0. The minimum Gasteiger partial charge on any atom is -0.504 e. The normalized spacial score (nSPS) is 9.61. The van der Waals surface area contributed by atoms with Gasteiger partial charge in [0.2, 0.25) is 0 Å². The molecule has 1 heterocycles. The molecule has 7 heteroatoms. The Morgan fingerprint density at radius 1 is 1.33 bits per heavy atom. The van der Waals surface area contributed by atoms with Crippen LogP contribution in [-0.2, 0) is 20.4 Å². The number of carbonyl (C=O) groups is 1. The number of rotatable bonds is 2. The van der Waals surface area contributed by atoms with Gasteiger partial charge in [0.1, 0.15) is 4.88 Å². The summed E-state index contributed by atoms with van der Waals surface area (Å²) in [7, 11) is 0. The van der Waals surface area contributed by atoms with Crippen LogP contribution in [0.25, 0.3) is 0 Å². The summed E-state index contributed by atoms with van der Waals surface area (Å²) < 4.78 is 0. The van der Waals surface area contributed by atoms with E-state index in [4.69, 9.17) is 5.11 Å². The number of anilines is 1. The second-order valence-electron chi connectivity index (χ2n) is 3.40. The summed E-state index contributed by atoms with van der Waals surface area (Å²) >= 11 is 1.29. The number of nitrogens with one attached hydrogen (secondary N) is 1. The van der Waals surface area contributed by atoms with E-state index >= 15 is 0 Å². The molecule has 0 unspecified atom stereocenters. The summed E-state index contributed by atoms with van der Waals surface area (Å²) in [6.07, 6.45) is 1.50. The first-order valence-electron chi connectivity index (χ1n) is 4.82. The van der Waals surface area contributed by atoms with Gasteiger partial charge in [-0.3, -0.25) is 4.79 Å². The molecule has 0 saturated carbocycles. The predicted molar refractivity (Wildman–Crippen MR) is 64.6 cm³/mol. The van der Waals surface area contributed by atoms with E-state index in [1.807, 2.05) is 6.92 Å². The van der Waals surface area contributed by atoms with E-state index in [1.54, 1.807) is 0 Å². The molecule has 18 heavy (non-hydrogen) atoms. The molecule has 5 nitrogen and oxygen atoms in total. The minimum atomic E-state index is -0.291.